The van der Waals surface area contributed by atoms with E-state index in [1.807, 2.05) is 79.8 Å². The van der Waals surface area contributed by atoms with Crippen LogP contribution in [0.2, 0.25) is 0 Å². The van der Waals surface area contributed by atoms with Gasteiger partial charge in [0, 0.05) is 49.3 Å². The Labute approximate surface area is 188 Å². The van der Waals surface area contributed by atoms with Crippen LogP contribution in [-0.2, 0) is 10.0 Å². The topological polar surface area (TPSA) is 89.0 Å². The Balaban J connectivity index is 1.70. The monoisotopic (exact) mass is 444 g/mol. The Morgan fingerprint density at radius 2 is 1.78 bits per heavy atom. The molecular formula is C25H24N4O2S. The minimum Gasteiger partial charge on any atom is -0.378 e. The second-order valence-corrected chi connectivity index (χ2v) is 9.59. The van der Waals surface area contributed by atoms with Crippen LogP contribution in [-0.4, -0.2) is 34.0 Å². The molecule has 1 atom stereocenters. The van der Waals surface area contributed by atoms with Crippen molar-refractivity contribution in [2.24, 2.45) is 0 Å². The van der Waals surface area contributed by atoms with Crippen LogP contribution in [0.15, 0.2) is 83.9 Å². The first-order chi connectivity index (χ1) is 15.4. The van der Waals surface area contributed by atoms with Crippen molar-refractivity contribution in [3.8, 4) is 6.07 Å². The third-order valence-corrected chi connectivity index (χ3v) is 6.98. The second-order valence-electron chi connectivity index (χ2n) is 7.82. The van der Waals surface area contributed by atoms with Gasteiger partial charge >= 0.3 is 0 Å². The maximum absolute atomic E-state index is 13.0. The van der Waals surface area contributed by atoms with Gasteiger partial charge in [-0.15, -0.1) is 0 Å². The van der Waals surface area contributed by atoms with Crippen molar-refractivity contribution >= 4 is 26.6 Å². The number of benzene rings is 3. The van der Waals surface area contributed by atoms with Gasteiger partial charge in [0.05, 0.1) is 16.5 Å². The van der Waals surface area contributed by atoms with E-state index < -0.39 is 10.0 Å². The molecule has 32 heavy (non-hydrogen) atoms. The van der Waals surface area contributed by atoms with E-state index in [9.17, 15) is 8.42 Å². The Morgan fingerprint density at radius 1 is 1.03 bits per heavy atom. The second kappa shape index (κ2) is 8.87. The maximum atomic E-state index is 13.0. The summed E-state index contributed by atoms with van der Waals surface area (Å²) in [6, 6.07) is 24.1. The SMILES string of the molecule is CN(C)c1ccc(C(CNS(=O)(=O)c2cccc(C#N)c2)c2c[nH]c3ccccc23)cc1. The molecule has 0 amide bonds. The fraction of sp³-hybridized carbons (Fsp3) is 0.160. The molecule has 0 fully saturated rings. The summed E-state index contributed by atoms with van der Waals surface area (Å²) in [6.45, 7) is 0.183. The molecule has 0 saturated heterocycles. The Morgan fingerprint density at radius 3 is 2.50 bits per heavy atom. The van der Waals surface area contributed by atoms with Gasteiger partial charge in [-0.3, -0.25) is 0 Å². The highest BCUT2D eigenvalue weighted by Gasteiger charge is 2.22. The molecule has 7 heteroatoms. The molecule has 6 nitrogen and oxygen atoms in total. The van der Waals surface area contributed by atoms with E-state index in [1.165, 1.54) is 12.1 Å². The summed E-state index contributed by atoms with van der Waals surface area (Å²) >= 11 is 0. The third kappa shape index (κ3) is 4.37. The molecule has 0 aliphatic carbocycles. The van der Waals surface area contributed by atoms with Crippen molar-refractivity contribution in [2.45, 2.75) is 10.8 Å². The lowest BCUT2D eigenvalue weighted by molar-refractivity contribution is 0.577. The largest absolute Gasteiger partial charge is 0.378 e. The molecular weight excluding hydrogens is 420 g/mol. The first-order valence-electron chi connectivity index (χ1n) is 10.2. The van der Waals surface area contributed by atoms with Crippen LogP contribution in [0, 0.1) is 11.3 Å². The number of para-hydroxylation sites is 1. The summed E-state index contributed by atoms with van der Waals surface area (Å²) in [6.07, 6.45) is 1.94. The number of hydrogen-bond acceptors (Lipinski definition) is 4. The molecule has 0 aliphatic heterocycles. The summed E-state index contributed by atoms with van der Waals surface area (Å²) in [4.78, 5) is 5.39. The molecule has 162 valence electrons. The molecule has 2 N–H and O–H groups in total. The number of anilines is 1. The predicted octanol–water partition coefficient (Wildman–Crippen LogP) is 4.22. The van der Waals surface area contributed by atoms with Crippen molar-refractivity contribution in [1.82, 2.24) is 9.71 Å². The van der Waals surface area contributed by atoms with Gasteiger partial charge in [-0.1, -0.05) is 36.4 Å². The molecule has 0 bridgehead atoms. The zero-order chi connectivity index (χ0) is 22.7. The number of aromatic amines is 1. The highest BCUT2D eigenvalue weighted by molar-refractivity contribution is 7.89. The number of H-pyrrole nitrogens is 1. The molecule has 4 aromatic rings. The summed E-state index contributed by atoms with van der Waals surface area (Å²) in [7, 11) is 0.182. The Kier molecular flexibility index (Phi) is 5.99. The maximum Gasteiger partial charge on any atom is 0.240 e. The molecule has 1 heterocycles. The van der Waals surface area contributed by atoms with Gasteiger partial charge in [0.25, 0.3) is 0 Å². The van der Waals surface area contributed by atoms with Crippen molar-refractivity contribution < 1.29 is 8.42 Å². The Bertz CT molecular complexity index is 1380. The van der Waals surface area contributed by atoms with Crippen molar-refractivity contribution in [1.29, 1.82) is 5.26 Å². The van der Waals surface area contributed by atoms with Crippen LogP contribution in [0.3, 0.4) is 0 Å². The predicted molar refractivity (Wildman–Crippen MR) is 127 cm³/mol. The molecule has 4 rings (SSSR count). The number of nitrogens with one attached hydrogen (secondary N) is 2. The van der Waals surface area contributed by atoms with Gasteiger partial charge in [-0.2, -0.15) is 5.26 Å². The van der Waals surface area contributed by atoms with E-state index in [0.29, 0.717) is 5.56 Å². The lowest BCUT2D eigenvalue weighted by atomic mass is 9.91. The van der Waals surface area contributed by atoms with E-state index in [-0.39, 0.29) is 17.4 Å². The minimum absolute atomic E-state index is 0.0807. The van der Waals surface area contributed by atoms with Crippen molar-refractivity contribution in [3.05, 3.63) is 95.7 Å². The fourth-order valence-electron chi connectivity index (χ4n) is 3.80. The number of aromatic nitrogens is 1. The number of sulfonamides is 1. The molecule has 0 aliphatic rings. The van der Waals surface area contributed by atoms with E-state index >= 15 is 0 Å². The van der Waals surface area contributed by atoms with Crippen LogP contribution in [0.5, 0.6) is 0 Å². The minimum atomic E-state index is -3.78. The standard InChI is InChI=1S/C25H24N4O2S/c1-29(2)20-12-10-19(11-13-20)23(24-16-27-25-9-4-3-8-22(24)25)17-28-32(30,31)21-7-5-6-18(14-21)15-26/h3-14,16,23,27-28H,17H2,1-2H3. The van der Waals surface area contributed by atoms with Crippen LogP contribution in [0.25, 0.3) is 10.9 Å². The van der Waals surface area contributed by atoms with Gasteiger partial charge < -0.3 is 9.88 Å². The zero-order valence-corrected chi connectivity index (χ0v) is 18.7. The summed E-state index contributed by atoms with van der Waals surface area (Å²) in [5.41, 5.74) is 4.41. The number of nitriles is 1. The number of hydrogen-bond donors (Lipinski definition) is 2. The quantitative estimate of drug-likeness (QED) is 0.447. The first-order valence-corrected chi connectivity index (χ1v) is 11.7. The van der Waals surface area contributed by atoms with E-state index in [2.05, 4.69) is 9.71 Å². The van der Waals surface area contributed by atoms with Gasteiger partial charge in [0.15, 0.2) is 0 Å². The fourth-order valence-corrected chi connectivity index (χ4v) is 4.90. The normalized spacial score (nSPS) is 12.4. The molecule has 3 aromatic carbocycles. The van der Waals surface area contributed by atoms with Gasteiger partial charge in [0.2, 0.25) is 10.0 Å². The molecule has 0 radical (unpaired) electrons. The van der Waals surface area contributed by atoms with Crippen LogP contribution in [0.1, 0.15) is 22.6 Å². The molecule has 1 unspecified atom stereocenters. The lowest BCUT2D eigenvalue weighted by Gasteiger charge is -2.20. The van der Waals surface area contributed by atoms with Crippen molar-refractivity contribution in [2.75, 3.05) is 25.5 Å². The smallest absolute Gasteiger partial charge is 0.240 e. The lowest BCUT2D eigenvalue weighted by Crippen LogP contribution is -2.29. The van der Waals surface area contributed by atoms with Gasteiger partial charge in [-0.05, 0) is 47.5 Å². The van der Waals surface area contributed by atoms with E-state index in [4.69, 9.17) is 5.26 Å². The number of fused-ring (bicyclic) bond motifs is 1. The molecule has 0 spiro atoms. The number of rotatable bonds is 7. The van der Waals surface area contributed by atoms with E-state index in [0.717, 1.165) is 27.7 Å². The average Bonchev–Trinajstić information content (AvgIpc) is 3.23. The zero-order valence-electron chi connectivity index (χ0n) is 17.9. The molecule has 1 aromatic heterocycles. The summed E-state index contributed by atoms with van der Waals surface area (Å²) < 4.78 is 28.7. The van der Waals surface area contributed by atoms with Crippen molar-refractivity contribution in [3.63, 3.8) is 0 Å². The highest BCUT2D eigenvalue weighted by atomic mass is 32.2. The average molecular weight is 445 g/mol. The summed E-state index contributed by atoms with van der Waals surface area (Å²) in [5, 5.41) is 10.2. The third-order valence-electron chi connectivity index (χ3n) is 5.56. The highest BCUT2D eigenvalue weighted by Crippen LogP contribution is 2.31. The van der Waals surface area contributed by atoms with Crippen LogP contribution in [0.4, 0.5) is 5.69 Å². The van der Waals surface area contributed by atoms with Crippen LogP contribution < -0.4 is 9.62 Å². The van der Waals surface area contributed by atoms with Gasteiger partial charge in [0.1, 0.15) is 0 Å². The first kappa shape index (κ1) is 21.6. The summed E-state index contributed by atoms with van der Waals surface area (Å²) in [5.74, 6) is -0.198. The van der Waals surface area contributed by atoms with E-state index in [1.54, 1.807) is 12.1 Å². The molecule has 0 saturated carbocycles. The van der Waals surface area contributed by atoms with Gasteiger partial charge in [-0.25, -0.2) is 13.1 Å². The number of nitrogens with zero attached hydrogens (tertiary/aromatic N) is 2. The Hall–Kier alpha value is -3.60. The van der Waals surface area contributed by atoms with Crippen LogP contribution >= 0.6 is 0 Å².